The van der Waals surface area contributed by atoms with Crippen LogP contribution < -0.4 is 0 Å². The molecule has 0 unspecified atom stereocenters. The molecule has 1 aliphatic rings. The summed E-state index contributed by atoms with van der Waals surface area (Å²) in [4.78, 5) is 11.0. The number of carboxylic acids is 1. The fourth-order valence-corrected chi connectivity index (χ4v) is 3.83. The van der Waals surface area contributed by atoms with Crippen LogP contribution in [0.3, 0.4) is 0 Å². The van der Waals surface area contributed by atoms with E-state index in [0.717, 1.165) is 28.6 Å². The average molecular weight is 287 g/mol. The molecule has 0 amide bonds. The van der Waals surface area contributed by atoms with Crippen LogP contribution >= 0.6 is 0 Å². The Morgan fingerprint density at radius 1 is 1.26 bits per heavy atom. The van der Waals surface area contributed by atoms with Gasteiger partial charge in [0.25, 0.3) is 0 Å². The van der Waals surface area contributed by atoms with Crippen molar-refractivity contribution in [3.05, 3.63) is 30.1 Å². The third-order valence-corrected chi connectivity index (χ3v) is 5.08. The van der Waals surface area contributed by atoms with Crippen molar-refractivity contribution in [2.75, 3.05) is 6.54 Å². The Hall–Kier alpha value is -1.47. The van der Waals surface area contributed by atoms with E-state index in [1.54, 1.807) is 0 Å². The first-order valence-electron chi connectivity index (χ1n) is 5.93. The molecule has 104 valence electrons. The van der Waals surface area contributed by atoms with Crippen molar-refractivity contribution >= 4 is 16.0 Å². The molecule has 1 fully saturated rings. The molecule has 1 aromatic rings. The number of halogens is 1. The molecular weight excluding hydrogens is 273 g/mol. The first kappa shape index (κ1) is 14.0. The maximum Gasteiger partial charge on any atom is 0.322 e. The van der Waals surface area contributed by atoms with Gasteiger partial charge in [-0.1, -0.05) is 0 Å². The second kappa shape index (κ2) is 5.26. The molecule has 0 aromatic heterocycles. The Kier molecular flexibility index (Phi) is 3.86. The summed E-state index contributed by atoms with van der Waals surface area (Å²) in [6.45, 7) is 0.177. The number of nitrogens with zero attached hydrogens (tertiary/aromatic N) is 1. The van der Waals surface area contributed by atoms with Gasteiger partial charge in [-0.05, 0) is 43.5 Å². The van der Waals surface area contributed by atoms with Gasteiger partial charge in [-0.15, -0.1) is 0 Å². The van der Waals surface area contributed by atoms with Crippen LogP contribution in [0.25, 0.3) is 0 Å². The van der Waals surface area contributed by atoms with Gasteiger partial charge in [0.15, 0.2) is 0 Å². The molecule has 1 N–H and O–H groups in total. The Labute approximate surface area is 110 Å². The maximum absolute atomic E-state index is 12.8. The minimum Gasteiger partial charge on any atom is -0.480 e. The Morgan fingerprint density at radius 2 is 1.89 bits per heavy atom. The predicted octanol–water partition coefficient (Wildman–Crippen LogP) is 1.45. The van der Waals surface area contributed by atoms with Crippen molar-refractivity contribution < 1.29 is 22.7 Å². The lowest BCUT2D eigenvalue weighted by Gasteiger charge is -2.31. The summed E-state index contributed by atoms with van der Waals surface area (Å²) in [5, 5.41) is 9.10. The SMILES string of the molecule is O=C(O)[C@@H]1CCCCN1S(=O)(=O)c1ccc(F)cc1. The number of benzene rings is 1. The normalized spacial score (nSPS) is 21.2. The van der Waals surface area contributed by atoms with E-state index in [-0.39, 0.29) is 11.4 Å². The number of aliphatic carboxylic acids is 1. The molecular formula is C12H14FNO4S. The number of hydrogen-bond donors (Lipinski definition) is 1. The molecule has 1 heterocycles. The van der Waals surface area contributed by atoms with E-state index >= 15 is 0 Å². The highest BCUT2D eigenvalue weighted by molar-refractivity contribution is 7.89. The standard InChI is InChI=1S/C12H14FNO4S/c13-9-4-6-10(7-5-9)19(17,18)14-8-2-1-3-11(14)12(15)16/h4-7,11H,1-3,8H2,(H,15,16)/t11-/m0/s1. The van der Waals surface area contributed by atoms with E-state index in [1.165, 1.54) is 0 Å². The van der Waals surface area contributed by atoms with Gasteiger partial charge in [0, 0.05) is 6.54 Å². The van der Waals surface area contributed by atoms with Crippen molar-refractivity contribution in [2.24, 2.45) is 0 Å². The van der Waals surface area contributed by atoms with Gasteiger partial charge in [-0.25, -0.2) is 12.8 Å². The summed E-state index contributed by atoms with van der Waals surface area (Å²) < 4.78 is 38.5. The molecule has 1 saturated heterocycles. The van der Waals surface area contributed by atoms with Crippen molar-refractivity contribution in [2.45, 2.75) is 30.2 Å². The first-order chi connectivity index (χ1) is 8.93. The quantitative estimate of drug-likeness (QED) is 0.913. The second-order valence-electron chi connectivity index (χ2n) is 4.42. The minimum absolute atomic E-state index is 0.0814. The van der Waals surface area contributed by atoms with Crippen LogP contribution in [0.1, 0.15) is 19.3 Å². The van der Waals surface area contributed by atoms with E-state index in [1.807, 2.05) is 0 Å². The molecule has 19 heavy (non-hydrogen) atoms. The Bertz CT molecular complexity index is 570. The first-order valence-corrected chi connectivity index (χ1v) is 7.37. The van der Waals surface area contributed by atoms with E-state index in [4.69, 9.17) is 5.11 Å². The maximum atomic E-state index is 12.8. The van der Waals surface area contributed by atoms with Crippen molar-refractivity contribution in [3.63, 3.8) is 0 Å². The lowest BCUT2D eigenvalue weighted by atomic mass is 10.1. The van der Waals surface area contributed by atoms with Gasteiger partial charge in [-0.2, -0.15) is 4.31 Å². The average Bonchev–Trinajstić information content (AvgIpc) is 2.39. The van der Waals surface area contributed by atoms with Crippen molar-refractivity contribution in [3.8, 4) is 0 Å². The van der Waals surface area contributed by atoms with Gasteiger partial charge in [0.2, 0.25) is 10.0 Å². The molecule has 2 rings (SSSR count). The number of carboxylic acid groups (broad SMARTS) is 1. The van der Waals surface area contributed by atoms with Crippen LogP contribution in [0.15, 0.2) is 29.2 Å². The highest BCUT2D eigenvalue weighted by Gasteiger charge is 2.37. The summed E-state index contributed by atoms with van der Waals surface area (Å²) in [7, 11) is -3.89. The van der Waals surface area contributed by atoms with Gasteiger partial charge >= 0.3 is 5.97 Å². The highest BCUT2D eigenvalue weighted by Crippen LogP contribution is 2.25. The minimum atomic E-state index is -3.89. The lowest BCUT2D eigenvalue weighted by molar-refractivity contribution is -0.142. The molecule has 7 heteroatoms. The molecule has 1 aromatic carbocycles. The van der Waals surface area contributed by atoms with Crippen molar-refractivity contribution in [1.82, 2.24) is 4.31 Å². The monoisotopic (exact) mass is 287 g/mol. The van der Waals surface area contributed by atoms with Crippen LogP contribution in [-0.2, 0) is 14.8 Å². The van der Waals surface area contributed by atoms with Crippen LogP contribution in [0.2, 0.25) is 0 Å². The zero-order valence-electron chi connectivity index (χ0n) is 10.1. The zero-order valence-corrected chi connectivity index (χ0v) is 10.9. The number of sulfonamides is 1. The second-order valence-corrected chi connectivity index (χ2v) is 6.31. The van der Waals surface area contributed by atoms with Crippen LogP contribution in [0, 0.1) is 5.82 Å². The molecule has 0 aliphatic carbocycles. The fourth-order valence-electron chi connectivity index (χ4n) is 2.18. The molecule has 0 bridgehead atoms. The van der Waals surface area contributed by atoms with Crippen LogP contribution in [0.5, 0.6) is 0 Å². The predicted molar refractivity (Wildman–Crippen MR) is 65.6 cm³/mol. The molecule has 5 nitrogen and oxygen atoms in total. The van der Waals surface area contributed by atoms with Crippen LogP contribution in [-0.4, -0.2) is 36.4 Å². The van der Waals surface area contributed by atoms with Gasteiger partial charge in [0.05, 0.1) is 4.90 Å². The Morgan fingerprint density at radius 3 is 2.47 bits per heavy atom. The molecule has 0 radical (unpaired) electrons. The van der Waals surface area contributed by atoms with E-state index in [2.05, 4.69) is 0 Å². The largest absolute Gasteiger partial charge is 0.480 e. The summed E-state index contributed by atoms with van der Waals surface area (Å²) >= 11 is 0. The number of piperidine rings is 1. The smallest absolute Gasteiger partial charge is 0.322 e. The number of carbonyl (C=O) groups is 1. The third-order valence-electron chi connectivity index (χ3n) is 3.16. The summed E-state index contributed by atoms with van der Waals surface area (Å²) in [5.41, 5.74) is 0. The number of hydrogen-bond acceptors (Lipinski definition) is 3. The number of rotatable bonds is 3. The van der Waals surface area contributed by atoms with E-state index < -0.39 is 27.9 Å². The molecule has 0 spiro atoms. The summed E-state index contributed by atoms with van der Waals surface area (Å²) in [6.07, 6.45) is 1.62. The van der Waals surface area contributed by atoms with Gasteiger partial charge < -0.3 is 5.11 Å². The molecule has 1 aliphatic heterocycles. The summed E-state index contributed by atoms with van der Waals surface area (Å²) in [6, 6.07) is 3.36. The van der Waals surface area contributed by atoms with Crippen molar-refractivity contribution in [1.29, 1.82) is 0 Å². The van der Waals surface area contributed by atoms with E-state index in [0.29, 0.717) is 19.3 Å². The van der Waals surface area contributed by atoms with Gasteiger partial charge in [0.1, 0.15) is 11.9 Å². The topological polar surface area (TPSA) is 74.7 Å². The Balaban J connectivity index is 2.37. The fraction of sp³-hybridized carbons (Fsp3) is 0.417. The lowest BCUT2D eigenvalue weighted by Crippen LogP contribution is -2.47. The third kappa shape index (κ3) is 2.76. The highest BCUT2D eigenvalue weighted by atomic mass is 32.2. The van der Waals surface area contributed by atoms with Gasteiger partial charge in [-0.3, -0.25) is 4.79 Å². The molecule has 1 atom stereocenters. The summed E-state index contributed by atoms with van der Waals surface area (Å²) in [5.74, 6) is -1.68. The van der Waals surface area contributed by atoms with E-state index in [9.17, 15) is 17.6 Å². The van der Waals surface area contributed by atoms with Crippen LogP contribution in [0.4, 0.5) is 4.39 Å². The molecule has 0 saturated carbocycles. The zero-order chi connectivity index (χ0) is 14.0.